The van der Waals surface area contributed by atoms with Crippen molar-refractivity contribution in [3.05, 3.63) is 35.6 Å². The van der Waals surface area contributed by atoms with Crippen molar-refractivity contribution in [1.29, 1.82) is 0 Å². The van der Waals surface area contributed by atoms with Crippen molar-refractivity contribution in [3.63, 3.8) is 0 Å². The highest BCUT2D eigenvalue weighted by atomic mass is 127. The molecular weight excluding hydrogens is 330 g/mol. The summed E-state index contributed by atoms with van der Waals surface area (Å²) in [6.45, 7) is 5.17. The molecule has 2 atom stereocenters. The zero-order chi connectivity index (χ0) is 12.7. The second-order valence-electron chi connectivity index (χ2n) is 4.42. The van der Waals surface area contributed by atoms with E-state index in [0.29, 0.717) is 5.92 Å². The Hall–Kier alpha value is -0.160. The lowest BCUT2D eigenvalue weighted by molar-refractivity contribution is 0.0458. The molecule has 0 aromatic heterocycles. The molecule has 96 valence electrons. The maximum Gasteiger partial charge on any atom is 0.123 e. The minimum Gasteiger partial charge on any atom is -0.372 e. The van der Waals surface area contributed by atoms with Crippen LogP contribution in [0.25, 0.3) is 0 Å². The Kier molecular flexibility index (Phi) is 7.04. The monoisotopic (exact) mass is 350 g/mol. The summed E-state index contributed by atoms with van der Waals surface area (Å²) in [5.74, 6) is 0.395. The number of ether oxygens (including phenoxy) is 1. The van der Waals surface area contributed by atoms with Crippen molar-refractivity contribution >= 4 is 22.6 Å². The smallest absolute Gasteiger partial charge is 0.123 e. The Balaban J connectivity index is 2.51. The van der Waals surface area contributed by atoms with Gasteiger partial charge in [0.1, 0.15) is 5.82 Å². The molecule has 0 fully saturated rings. The molecule has 0 N–H and O–H groups in total. The van der Waals surface area contributed by atoms with Crippen LogP contribution in [-0.4, -0.2) is 11.0 Å². The van der Waals surface area contributed by atoms with E-state index in [1.807, 2.05) is 12.1 Å². The van der Waals surface area contributed by atoms with E-state index in [4.69, 9.17) is 4.74 Å². The van der Waals surface area contributed by atoms with Crippen LogP contribution in [0.3, 0.4) is 0 Å². The van der Waals surface area contributed by atoms with Gasteiger partial charge in [-0.15, -0.1) is 0 Å². The molecule has 0 aliphatic rings. The SMILES string of the molecule is CCCC(C)COC(CI)c1ccc(F)cc1. The van der Waals surface area contributed by atoms with Gasteiger partial charge in [-0.05, 0) is 30.0 Å². The first-order valence-electron chi connectivity index (χ1n) is 6.10. The third-order valence-corrected chi connectivity index (χ3v) is 3.55. The first-order valence-corrected chi connectivity index (χ1v) is 7.63. The van der Waals surface area contributed by atoms with Gasteiger partial charge in [0.05, 0.1) is 6.10 Å². The minimum absolute atomic E-state index is 0.0792. The van der Waals surface area contributed by atoms with Crippen LogP contribution >= 0.6 is 22.6 Å². The fourth-order valence-corrected chi connectivity index (χ4v) is 2.53. The molecule has 0 saturated heterocycles. The number of alkyl halides is 1. The lowest BCUT2D eigenvalue weighted by Crippen LogP contribution is -2.12. The normalized spacial score (nSPS) is 14.6. The minimum atomic E-state index is -0.194. The Bertz CT molecular complexity index is 313. The Morgan fingerprint density at radius 2 is 1.94 bits per heavy atom. The third kappa shape index (κ3) is 5.34. The second kappa shape index (κ2) is 8.03. The van der Waals surface area contributed by atoms with E-state index in [0.717, 1.165) is 16.6 Å². The summed E-state index contributed by atoms with van der Waals surface area (Å²) in [5.41, 5.74) is 1.06. The molecule has 0 amide bonds. The van der Waals surface area contributed by atoms with Crippen molar-refractivity contribution in [2.75, 3.05) is 11.0 Å². The third-order valence-electron chi connectivity index (χ3n) is 2.75. The van der Waals surface area contributed by atoms with Crippen LogP contribution in [0, 0.1) is 11.7 Å². The topological polar surface area (TPSA) is 9.23 Å². The van der Waals surface area contributed by atoms with Crippen LogP contribution in [0.4, 0.5) is 4.39 Å². The zero-order valence-corrected chi connectivity index (χ0v) is 12.6. The Morgan fingerprint density at radius 1 is 1.29 bits per heavy atom. The van der Waals surface area contributed by atoms with E-state index < -0.39 is 0 Å². The highest BCUT2D eigenvalue weighted by Crippen LogP contribution is 2.22. The number of rotatable bonds is 7. The largest absolute Gasteiger partial charge is 0.372 e. The van der Waals surface area contributed by atoms with E-state index in [-0.39, 0.29) is 11.9 Å². The number of benzene rings is 1. The van der Waals surface area contributed by atoms with Crippen LogP contribution in [0.2, 0.25) is 0 Å². The lowest BCUT2D eigenvalue weighted by atomic mass is 10.1. The predicted molar refractivity (Wildman–Crippen MR) is 78.1 cm³/mol. The molecule has 1 aromatic carbocycles. The van der Waals surface area contributed by atoms with E-state index in [1.54, 1.807) is 0 Å². The van der Waals surface area contributed by atoms with Gasteiger partial charge in [-0.3, -0.25) is 0 Å². The fourth-order valence-electron chi connectivity index (χ4n) is 1.76. The summed E-state index contributed by atoms with van der Waals surface area (Å²) in [7, 11) is 0. The van der Waals surface area contributed by atoms with Crippen LogP contribution in [0.15, 0.2) is 24.3 Å². The first-order chi connectivity index (χ1) is 8.17. The molecule has 0 spiro atoms. The van der Waals surface area contributed by atoms with Crippen molar-refractivity contribution in [2.45, 2.75) is 32.8 Å². The van der Waals surface area contributed by atoms with Crippen molar-refractivity contribution in [2.24, 2.45) is 5.92 Å². The molecule has 2 unspecified atom stereocenters. The Labute approximate surface area is 117 Å². The van der Waals surface area contributed by atoms with Crippen LogP contribution in [0.1, 0.15) is 38.4 Å². The molecule has 0 heterocycles. The van der Waals surface area contributed by atoms with Gasteiger partial charge < -0.3 is 4.74 Å². The summed E-state index contributed by atoms with van der Waals surface area (Å²) < 4.78 is 19.6. The standard InChI is InChI=1S/C14H20FIO/c1-3-4-11(2)10-17-14(9-16)12-5-7-13(15)8-6-12/h5-8,11,14H,3-4,9-10H2,1-2H3. The van der Waals surface area contributed by atoms with Gasteiger partial charge in [0, 0.05) is 11.0 Å². The summed E-state index contributed by atoms with van der Waals surface area (Å²) in [5, 5.41) is 0. The van der Waals surface area contributed by atoms with Crippen LogP contribution in [-0.2, 0) is 4.74 Å². The number of hydrogen-bond acceptors (Lipinski definition) is 1. The molecular formula is C14H20FIO. The van der Waals surface area contributed by atoms with Gasteiger partial charge in [-0.1, -0.05) is 55.0 Å². The number of hydrogen-bond donors (Lipinski definition) is 0. The van der Waals surface area contributed by atoms with Crippen LogP contribution in [0.5, 0.6) is 0 Å². The second-order valence-corrected chi connectivity index (χ2v) is 5.30. The maximum atomic E-state index is 12.8. The molecule has 1 rings (SSSR count). The van der Waals surface area contributed by atoms with Crippen LogP contribution < -0.4 is 0 Å². The summed E-state index contributed by atoms with van der Waals surface area (Å²) in [4.78, 5) is 0. The molecule has 1 aromatic rings. The highest BCUT2D eigenvalue weighted by molar-refractivity contribution is 14.1. The van der Waals surface area contributed by atoms with E-state index in [1.165, 1.54) is 25.0 Å². The van der Waals surface area contributed by atoms with Crippen molar-refractivity contribution < 1.29 is 9.13 Å². The van der Waals surface area contributed by atoms with Crippen molar-refractivity contribution in [3.8, 4) is 0 Å². The first kappa shape index (κ1) is 14.9. The molecule has 17 heavy (non-hydrogen) atoms. The summed E-state index contributed by atoms with van der Waals surface area (Å²) >= 11 is 2.31. The zero-order valence-electron chi connectivity index (χ0n) is 10.5. The van der Waals surface area contributed by atoms with Gasteiger partial charge in [-0.2, -0.15) is 0 Å². The predicted octanol–water partition coefficient (Wildman–Crippen LogP) is 4.75. The number of halogens is 2. The molecule has 0 aliphatic carbocycles. The summed E-state index contributed by atoms with van der Waals surface area (Å²) in [6.07, 6.45) is 2.46. The summed E-state index contributed by atoms with van der Waals surface area (Å²) in [6, 6.07) is 6.60. The van der Waals surface area contributed by atoms with Gasteiger partial charge in [0.25, 0.3) is 0 Å². The Morgan fingerprint density at radius 3 is 2.47 bits per heavy atom. The van der Waals surface area contributed by atoms with Crippen molar-refractivity contribution in [1.82, 2.24) is 0 Å². The molecule has 3 heteroatoms. The van der Waals surface area contributed by atoms with Gasteiger partial charge >= 0.3 is 0 Å². The average molecular weight is 350 g/mol. The lowest BCUT2D eigenvalue weighted by Gasteiger charge is -2.18. The quantitative estimate of drug-likeness (QED) is 0.509. The fraction of sp³-hybridized carbons (Fsp3) is 0.571. The molecule has 0 radical (unpaired) electrons. The molecule has 1 nitrogen and oxygen atoms in total. The highest BCUT2D eigenvalue weighted by Gasteiger charge is 2.12. The van der Waals surface area contributed by atoms with E-state index in [2.05, 4.69) is 36.4 Å². The molecule has 0 saturated carbocycles. The van der Waals surface area contributed by atoms with Gasteiger partial charge in [-0.25, -0.2) is 4.39 Å². The van der Waals surface area contributed by atoms with E-state index in [9.17, 15) is 4.39 Å². The van der Waals surface area contributed by atoms with Gasteiger partial charge in [0.15, 0.2) is 0 Å². The average Bonchev–Trinajstić information content (AvgIpc) is 2.32. The molecule has 0 aliphatic heterocycles. The van der Waals surface area contributed by atoms with E-state index >= 15 is 0 Å². The maximum absolute atomic E-state index is 12.8. The van der Waals surface area contributed by atoms with Gasteiger partial charge in [0.2, 0.25) is 0 Å². The molecule has 0 bridgehead atoms.